The van der Waals surface area contributed by atoms with Crippen LogP contribution >= 0.6 is 27.5 Å². The number of fused-ring (bicyclic) bond motifs is 1. The van der Waals surface area contributed by atoms with Crippen LogP contribution in [0.5, 0.6) is 0 Å². The summed E-state index contributed by atoms with van der Waals surface area (Å²) in [6.07, 6.45) is 0. The third-order valence-electron chi connectivity index (χ3n) is 4.58. The zero-order valence-electron chi connectivity index (χ0n) is 15.5. The Bertz CT molecular complexity index is 1310. The van der Waals surface area contributed by atoms with Gasteiger partial charge < -0.3 is 11.1 Å². The number of pyridine rings is 1. The van der Waals surface area contributed by atoms with Crippen LogP contribution in [0.15, 0.2) is 77.3 Å². The second kappa shape index (κ2) is 8.26. The normalized spacial score (nSPS) is 10.7. The van der Waals surface area contributed by atoms with Crippen molar-refractivity contribution in [2.24, 2.45) is 5.73 Å². The van der Waals surface area contributed by atoms with Gasteiger partial charge in [0.05, 0.1) is 28.0 Å². The maximum Gasteiger partial charge on any atom is 0.256 e. The second-order valence-electron chi connectivity index (χ2n) is 6.59. The molecule has 0 bridgehead atoms. The molecule has 148 valence electrons. The molecule has 4 rings (SSSR count). The van der Waals surface area contributed by atoms with Crippen molar-refractivity contribution < 1.29 is 9.59 Å². The molecule has 3 N–H and O–H groups in total. The third kappa shape index (κ3) is 4.06. The highest BCUT2D eigenvalue weighted by atomic mass is 79.9. The van der Waals surface area contributed by atoms with Crippen LogP contribution in [0.1, 0.15) is 20.7 Å². The van der Waals surface area contributed by atoms with E-state index in [1.165, 1.54) is 0 Å². The summed E-state index contributed by atoms with van der Waals surface area (Å²) in [6, 6.07) is 21.2. The van der Waals surface area contributed by atoms with Crippen molar-refractivity contribution in [3.8, 4) is 11.3 Å². The van der Waals surface area contributed by atoms with Gasteiger partial charge in [0.15, 0.2) is 0 Å². The van der Waals surface area contributed by atoms with Crippen molar-refractivity contribution in [2.75, 3.05) is 5.32 Å². The summed E-state index contributed by atoms with van der Waals surface area (Å²) >= 11 is 9.64. The Kier molecular flexibility index (Phi) is 5.53. The smallest absolute Gasteiger partial charge is 0.256 e. The first-order valence-electron chi connectivity index (χ1n) is 8.99. The summed E-state index contributed by atoms with van der Waals surface area (Å²) in [4.78, 5) is 29.6. The number of rotatable bonds is 4. The summed E-state index contributed by atoms with van der Waals surface area (Å²) in [6.45, 7) is 0. The maximum absolute atomic E-state index is 13.2. The van der Waals surface area contributed by atoms with Crippen molar-refractivity contribution in [3.63, 3.8) is 0 Å². The molecule has 1 aromatic heterocycles. The molecule has 3 aromatic carbocycles. The topological polar surface area (TPSA) is 85.1 Å². The van der Waals surface area contributed by atoms with Gasteiger partial charge >= 0.3 is 0 Å². The van der Waals surface area contributed by atoms with E-state index in [0.717, 1.165) is 10.0 Å². The number of anilines is 1. The lowest BCUT2D eigenvalue weighted by Gasteiger charge is -2.13. The average Bonchev–Trinajstić information content (AvgIpc) is 2.73. The number of aromatic nitrogens is 1. The Morgan fingerprint density at radius 1 is 0.933 bits per heavy atom. The molecule has 1 heterocycles. The van der Waals surface area contributed by atoms with Gasteiger partial charge in [-0.2, -0.15) is 0 Å². The Hall–Kier alpha value is -3.22. The number of benzene rings is 3. The molecule has 5 nitrogen and oxygen atoms in total. The van der Waals surface area contributed by atoms with E-state index >= 15 is 0 Å². The van der Waals surface area contributed by atoms with Crippen LogP contribution in [0, 0.1) is 0 Å². The van der Waals surface area contributed by atoms with Gasteiger partial charge in [-0.15, -0.1) is 0 Å². The van der Waals surface area contributed by atoms with Crippen LogP contribution in [0.2, 0.25) is 5.02 Å². The first-order chi connectivity index (χ1) is 14.4. The molecule has 0 fully saturated rings. The highest BCUT2D eigenvalue weighted by molar-refractivity contribution is 9.10. The van der Waals surface area contributed by atoms with Crippen LogP contribution in [-0.2, 0) is 0 Å². The Morgan fingerprint density at radius 3 is 2.50 bits per heavy atom. The van der Waals surface area contributed by atoms with Crippen LogP contribution in [0.25, 0.3) is 22.2 Å². The van der Waals surface area contributed by atoms with Crippen LogP contribution in [0.3, 0.4) is 0 Å². The largest absolute Gasteiger partial charge is 0.366 e. The van der Waals surface area contributed by atoms with E-state index in [9.17, 15) is 9.59 Å². The zero-order valence-corrected chi connectivity index (χ0v) is 17.9. The van der Waals surface area contributed by atoms with Gasteiger partial charge in [-0.1, -0.05) is 51.8 Å². The number of hydrogen-bond donors (Lipinski definition) is 2. The molecule has 0 aliphatic heterocycles. The standard InChI is InChI=1S/C23H15BrClN3O2/c24-14-5-3-4-13(10-14)21-12-18(17-11-15(25)8-9-20(17)27-21)23(30)28-19-7-2-1-6-16(19)22(26)29/h1-12H,(H2,26,29)(H,28,30). The summed E-state index contributed by atoms with van der Waals surface area (Å²) in [5, 5.41) is 3.89. The van der Waals surface area contributed by atoms with E-state index in [2.05, 4.69) is 26.2 Å². The number of amides is 2. The van der Waals surface area contributed by atoms with E-state index in [-0.39, 0.29) is 5.56 Å². The van der Waals surface area contributed by atoms with E-state index in [1.54, 1.807) is 48.5 Å². The molecule has 0 radical (unpaired) electrons. The minimum Gasteiger partial charge on any atom is -0.366 e. The van der Waals surface area contributed by atoms with E-state index in [0.29, 0.717) is 32.9 Å². The monoisotopic (exact) mass is 479 g/mol. The molecule has 0 saturated carbocycles. The molecule has 0 spiro atoms. The molecular weight excluding hydrogens is 466 g/mol. The number of para-hydroxylation sites is 1. The number of carbonyl (C=O) groups excluding carboxylic acids is 2. The molecule has 0 aliphatic rings. The first-order valence-corrected chi connectivity index (χ1v) is 10.2. The van der Waals surface area contributed by atoms with E-state index < -0.39 is 11.8 Å². The van der Waals surface area contributed by atoms with Gasteiger partial charge in [0.2, 0.25) is 0 Å². The number of halogens is 2. The van der Waals surface area contributed by atoms with E-state index in [4.69, 9.17) is 17.3 Å². The molecule has 0 unspecified atom stereocenters. The molecule has 0 aliphatic carbocycles. The van der Waals surface area contributed by atoms with Crippen molar-refractivity contribution in [2.45, 2.75) is 0 Å². The van der Waals surface area contributed by atoms with Crippen LogP contribution in [-0.4, -0.2) is 16.8 Å². The molecule has 2 amide bonds. The predicted octanol–water partition coefficient (Wildman–Crippen LogP) is 5.67. The van der Waals surface area contributed by atoms with Gasteiger partial charge in [0, 0.05) is 20.4 Å². The van der Waals surface area contributed by atoms with Gasteiger partial charge in [0.1, 0.15) is 0 Å². The Morgan fingerprint density at radius 2 is 1.73 bits per heavy atom. The quantitative estimate of drug-likeness (QED) is 0.395. The number of nitrogens with two attached hydrogens (primary N) is 1. The summed E-state index contributed by atoms with van der Waals surface area (Å²) in [5.41, 5.74) is 8.51. The maximum atomic E-state index is 13.2. The fourth-order valence-electron chi connectivity index (χ4n) is 3.18. The summed E-state index contributed by atoms with van der Waals surface area (Å²) < 4.78 is 0.902. The summed E-state index contributed by atoms with van der Waals surface area (Å²) in [5.74, 6) is -1.02. The van der Waals surface area contributed by atoms with Crippen LogP contribution < -0.4 is 11.1 Å². The fourth-order valence-corrected chi connectivity index (χ4v) is 3.75. The van der Waals surface area contributed by atoms with Crippen molar-refractivity contribution in [3.05, 3.63) is 93.4 Å². The Balaban J connectivity index is 1.85. The van der Waals surface area contributed by atoms with E-state index in [1.807, 2.05) is 24.3 Å². The van der Waals surface area contributed by atoms with Gasteiger partial charge in [0.25, 0.3) is 11.8 Å². The lowest BCUT2D eigenvalue weighted by Crippen LogP contribution is -2.18. The third-order valence-corrected chi connectivity index (χ3v) is 5.30. The number of nitrogens with one attached hydrogen (secondary N) is 1. The Labute approximate surface area is 186 Å². The van der Waals surface area contributed by atoms with Crippen molar-refractivity contribution in [1.29, 1.82) is 0 Å². The highest BCUT2D eigenvalue weighted by Crippen LogP contribution is 2.29. The van der Waals surface area contributed by atoms with Crippen molar-refractivity contribution >= 4 is 55.9 Å². The zero-order chi connectivity index (χ0) is 21.3. The van der Waals surface area contributed by atoms with Crippen molar-refractivity contribution in [1.82, 2.24) is 4.98 Å². The SMILES string of the molecule is NC(=O)c1ccccc1NC(=O)c1cc(-c2cccc(Br)c2)nc2ccc(Cl)cc12. The van der Waals surface area contributed by atoms with Gasteiger partial charge in [-0.05, 0) is 48.5 Å². The van der Waals surface area contributed by atoms with Gasteiger partial charge in [-0.3, -0.25) is 9.59 Å². The number of primary amides is 1. The highest BCUT2D eigenvalue weighted by Gasteiger charge is 2.17. The first kappa shape index (κ1) is 20.1. The number of nitrogens with zero attached hydrogens (tertiary/aromatic N) is 1. The molecule has 30 heavy (non-hydrogen) atoms. The minimum absolute atomic E-state index is 0.231. The molecule has 0 saturated heterocycles. The number of carbonyl (C=O) groups is 2. The molecule has 4 aromatic rings. The lowest BCUT2D eigenvalue weighted by molar-refractivity contribution is 0.100. The predicted molar refractivity (Wildman–Crippen MR) is 123 cm³/mol. The number of hydrogen-bond acceptors (Lipinski definition) is 3. The second-order valence-corrected chi connectivity index (χ2v) is 7.94. The molecule has 0 atom stereocenters. The lowest BCUT2D eigenvalue weighted by atomic mass is 10.0. The van der Waals surface area contributed by atoms with Crippen LogP contribution in [0.4, 0.5) is 5.69 Å². The molecular formula is C23H15BrClN3O2. The summed E-state index contributed by atoms with van der Waals surface area (Å²) in [7, 11) is 0. The van der Waals surface area contributed by atoms with Gasteiger partial charge in [-0.25, -0.2) is 4.98 Å². The minimum atomic E-state index is -0.622. The average molecular weight is 481 g/mol. The fraction of sp³-hybridized carbons (Fsp3) is 0. The molecule has 7 heteroatoms.